The number of benzene rings is 1. The monoisotopic (exact) mass is 467 g/mol. The van der Waals surface area contributed by atoms with Crippen molar-refractivity contribution in [2.24, 2.45) is 0 Å². The Morgan fingerprint density at radius 1 is 1.25 bits per heavy atom. The van der Waals surface area contributed by atoms with Gasteiger partial charge in [0.2, 0.25) is 0 Å². The second kappa shape index (κ2) is 9.27. The summed E-state index contributed by atoms with van der Waals surface area (Å²) in [7, 11) is 0. The molecule has 0 atom stereocenters. The van der Waals surface area contributed by atoms with Crippen LogP contribution in [0.5, 0.6) is 5.75 Å². The Balaban J connectivity index is 1.76. The third-order valence-electron chi connectivity index (χ3n) is 4.18. The van der Waals surface area contributed by atoms with E-state index >= 15 is 0 Å². The Bertz CT molecular complexity index is 1210. The Morgan fingerprint density at radius 3 is 2.66 bits per heavy atom. The van der Waals surface area contributed by atoms with Crippen LogP contribution in [0.3, 0.4) is 0 Å². The molecule has 3 N–H and O–H groups in total. The first-order valence-electron chi connectivity index (χ1n) is 9.22. The van der Waals surface area contributed by atoms with Gasteiger partial charge in [-0.05, 0) is 38.1 Å². The van der Waals surface area contributed by atoms with E-state index in [0.717, 1.165) is 12.1 Å². The number of nitrogens with one attached hydrogen (secondary N) is 3. The van der Waals surface area contributed by atoms with Crippen LogP contribution in [-0.2, 0) is 6.18 Å². The molecule has 2 aromatic heterocycles. The lowest BCUT2D eigenvalue weighted by Gasteiger charge is -2.13. The van der Waals surface area contributed by atoms with E-state index in [-0.39, 0.29) is 22.9 Å². The number of H-pyrrole nitrogens is 1. The van der Waals surface area contributed by atoms with Gasteiger partial charge in [0.25, 0.3) is 5.56 Å². The Morgan fingerprint density at radius 2 is 2.00 bits per heavy atom. The smallest absolute Gasteiger partial charge is 0.417 e. The first-order valence-corrected chi connectivity index (χ1v) is 9.60. The van der Waals surface area contributed by atoms with Gasteiger partial charge >= 0.3 is 12.2 Å². The minimum atomic E-state index is -4.66. The summed E-state index contributed by atoms with van der Waals surface area (Å²) in [5, 5.41) is 4.32. The molecule has 0 aliphatic heterocycles. The highest BCUT2D eigenvalue weighted by molar-refractivity contribution is 6.31. The number of carbonyl (C=O) groups excluding carboxylic acids is 1. The van der Waals surface area contributed by atoms with Crippen molar-refractivity contribution in [3.05, 3.63) is 63.3 Å². The number of carbonyl (C=O) groups is 1. The topological polar surface area (TPSA) is 109 Å². The van der Waals surface area contributed by atoms with Gasteiger partial charge in [0.15, 0.2) is 11.6 Å². The van der Waals surface area contributed by atoms with Gasteiger partial charge in [0, 0.05) is 17.4 Å². The Hall–Kier alpha value is -3.60. The zero-order chi connectivity index (χ0) is 23.5. The maximum absolute atomic E-state index is 13.0. The average molecular weight is 468 g/mol. The fourth-order valence-corrected chi connectivity index (χ4v) is 2.91. The quantitative estimate of drug-likeness (QED) is 0.496. The number of halogens is 4. The van der Waals surface area contributed by atoms with Gasteiger partial charge in [-0.2, -0.15) is 13.2 Å². The molecule has 0 aliphatic rings. The predicted molar refractivity (Wildman–Crippen MR) is 113 cm³/mol. The van der Waals surface area contributed by atoms with Gasteiger partial charge in [-0.15, -0.1) is 0 Å². The van der Waals surface area contributed by atoms with Crippen LogP contribution in [0.1, 0.15) is 18.2 Å². The molecule has 0 saturated heterocycles. The molecule has 0 aliphatic carbocycles. The van der Waals surface area contributed by atoms with Crippen LogP contribution >= 0.6 is 11.6 Å². The second-order valence-corrected chi connectivity index (χ2v) is 6.89. The van der Waals surface area contributed by atoms with Gasteiger partial charge in [-0.1, -0.05) is 11.6 Å². The first kappa shape index (κ1) is 23.1. The summed E-state index contributed by atoms with van der Waals surface area (Å²) in [6, 6.07) is 3.73. The fourth-order valence-electron chi connectivity index (χ4n) is 2.69. The van der Waals surface area contributed by atoms with Crippen LogP contribution in [0.2, 0.25) is 5.02 Å². The van der Waals surface area contributed by atoms with Crippen LogP contribution in [0, 0.1) is 6.92 Å². The summed E-state index contributed by atoms with van der Waals surface area (Å²) >= 11 is 5.58. The number of aromatic amines is 1. The molecule has 0 spiro atoms. The van der Waals surface area contributed by atoms with E-state index in [0.29, 0.717) is 17.9 Å². The molecule has 0 fully saturated rings. The summed E-state index contributed by atoms with van der Waals surface area (Å²) in [5.74, 6) is 0.396. The van der Waals surface area contributed by atoms with E-state index in [2.05, 4.69) is 25.6 Å². The lowest BCUT2D eigenvalue weighted by atomic mass is 10.2. The van der Waals surface area contributed by atoms with Crippen molar-refractivity contribution in [2.45, 2.75) is 20.0 Å². The van der Waals surface area contributed by atoms with Crippen molar-refractivity contribution in [1.82, 2.24) is 15.0 Å². The molecule has 0 radical (unpaired) electrons. The van der Waals surface area contributed by atoms with Crippen molar-refractivity contribution in [3.63, 3.8) is 0 Å². The third-order valence-corrected chi connectivity index (χ3v) is 4.51. The highest BCUT2D eigenvalue weighted by atomic mass is 35.5. The van der Waals surface area contributed by atoms with Gasteiger partial charge < -0.3 is 20.4 Å². The van der Waals surface area contributed by atoms with Gasteiger partial charge in [-0.25, -0.2) is 14.8 Å². The number of hydrogen-bond acceptors (Lipinski definition) is 5. The lowest BCUT2D eigenvalue weighted by Crippen LogP contribution is -2.21. The van der Waals surface area contributed by atoms with Crippen LogP contribution in [0.15, 0.2) is 41.5 Å². The Kier molecular flexibility index (Phi) is 6.68. The Labute approximate surface area is 184 Å². The van der Waals surface area contributed by atoms with Crippen molar-refractivity contribution < 1.29 is 22.7 Å². The maximum Gasteiger partial charge on any atom is 0.417 e. The summed E-state index contributed by atoms with van der Waals surface area (Å²) in [6.07, 6.45) is -1.89. The zero-order valence-electron chi connectivity index (χ0n) is 16.8. The van der Waals surface area contributed by atoms with E-state index < -0.39 is 28.4 Å². The average Bonchev–Trinajstić information content (AvgIpc) is 2.72. The minimum absolute atomic E-state index is 0.0916. The van der Waals surface area contributed by atoms with Crippen molar-refractivity contribution in [3.8, 4) is 17.1 Å². The standard InChI is InChI=1S/C20H17ClF3N5O3/c1-3-32-16-6-11(8-26-18(16)30)17-25-9-15(10(2)27-17)29-19(31)28-12-4-5-14(21)13(7-12)20(22,23)24/h4-9H,3H2,1-2H3,(H,26,30)(H2,28,29,31). The number of aryl methyl sites for hydroxylation is 1. The zero-order valence-corrected chi connectivity index (χ0v) is 17.6. The summed E-state index contributed by atoms with van der Waals surface area (Å²) < 4.78 is 44.2. The van der Waals surface area contributed by atoms with Crippen molar-refractivity contribution >= 4 is 29.0 Å². The number of urea groups is 1. The van der Waals surface area contributed by atoms with Crippen molar-refractivity contribution in [2.75, 3.05) is 17.2 Å². The van der Waals surface area contributed by atoms with Crippen molar-refractivity contribution in [1.29, 1.82) is 0 Å². The third kappa shape index (κ3) is 5.35. The lowest BCUT2D eigenvalue weighted by molar-refractivity contribution is -0.137. The summed E-state index contributed by atoms with van der Waals surface area (Å²) in [6.45, 7) is 3.66. The molecule has 8 nitrogen and oxygen atoms in total. The molecule has 2 amide bonds. The molecular weight excluding hydrogens is 451 g/mol. The number of ether oxygens (including phenoxy) is 1. The molecule has 0 saturated carbocycles. The maximum atomic E-state index is 13.0. The second-order valence-electron chi connectivity index (χ2n) is 6.48. The molecule has 1 aromatic carbocycles. The molecule has 2 heterocycles. The number of aromatic nitrogens is 3. The minimum Gasteiger partial charge on any atom is -0.488 e. The summed E-state index contributed by atoms with van der Waals surface area (Å²) in [4.78, 5) is 35.0. The molecular formula is C20H17ClF3N5O3. The number of nitrogens with zero attached hydrogens (tertiary/aromatic N) is 2. The van der Waals surface area contributed by atoms with Gasteiger partial charge in [-0.3, -0.25) is 4.79 Å². The van der Waals surface area contributed by atoms with E-state index in [1.165, 1.54) is 24.5 Å². The summed E-state index contributed by atoms with van der Waals surface area (Å²) in [5.41, 5.74) is -0.419. The molecule has 0 bridgehead atoms. The molecule has 12 heteroatoms. The number of pyridine rings is 1. The predicted octanol–water partition coefficient (Wildman–Crippen LogP) is 4.86. The normalized spacial score (nSPS) is 11.2. The highest BCUT2D eigenvalue weighted by Crippen LogP contribution is 2.36. The van der Waals surface area contributed by atoms with Crippen LogP contribution < -0.4 is 20.9 Å². The number of amides is 2. The largest absolute Gasteiger partial charge is 0.488 e. The SMILES string of the molecule is CCOc1cc(-c2ncc(NC(=O)Nc3ccc(Cl)c(C(F)(F)F)c3)c(C)n2)c[nH]c1=O. The van der Waals surface area contributed by atoms with E-state index in [4.69, 9.17) is 16.3 Å². The van der Waals surface area contributed by atoms with Crippen LogP contribution in [0.25, 0.3) is 11.4 Å². The van der Waals surface area contributed by atoms with Crippen LogP contribution in [0.4, 0.5) is 29.3 Å². The number of rotatable bonds is 5. The van der Waals surface area contributed by atoms with Crippen LogP contribution in [-0.4, -0.2) is 27.6 Å². The molecule has 168 valence electrons. The number of alkyl halides is 3. The van der Waals surface area contributed by atoms with E-state index in [1.807, 2.05) is 0 Å². The molecule has 3 rings (SSSR count). The molecule has 3 aromatic rings. The fraction of sp³-hybridized carbons (Fsp3) is 0.200. The molecule has 0 unspecified atom stereocenters. The molecule has 32 heavy (non-hydrogen) atoms. The van der Waals surface area contributed by atoms with E-state index in [9.17, 15) is 22.8 Å². The number of hydrogen-bond donors (Lipinski definition) is 3. The highest BCUT2D eigenvalue weighted by Gasteiger charge is 2.33. The van der Waals surface area contributed by atoms with Gasteiger partial charge in [0.1, 0.15) is 0 Å². The number of anilines is 2. The first-order chi connectivity index (χ1) is 15.1. The van der Waals surface area contributed by atoms with Gasteiger partial charge in [0.05, 0.1) is 34.8 Å². The van der Waals surface area contributed by atoms with E-state index in [1.54, 1.807) is 13.8 Å².